The van der Waals surface area contributed by atoms with Crippen molar-refractivity contribution in [1.82, 2.24) is 9.97 Å². The zero-order valence-electron chi connectivity index (χ0n) is 12.9. The predicted molar refractivity (Wildman–Crippen MR) is 82.0 cm³/mol. The van der Waals surface area contributed by atoms with Gasteiger partial charge in [0.15, 0.2) is 0 Å². The summed E-state index contributed by atoms with van der Waals surface area (Å²) in [6.45, 7) is 7.35. The van der Waals surface area contributed by atoms with Gasteiger partial charge in [0.2, 0.25) is 5.88 Å². The Hall–Kier alpha value is -1.32. The first-order chi connectivity index (χ1) is 9.63. The third-order valence-electron chi connectivity index (χ3n) is 3.99. The van der Waals surface area contributed by atoms with Crippen molar-refractivity contribution >= 4 is 5.82 Å². The van der Waals surface area contributed by atoms with E-state index in [-0.39, 0.29) is 6.10 Å². The summed E-state index contributed by atoms with van der Waals surface area (Å²) >= 11 is 0. The van der Waals surface area contributed by atoms with E-state index in [0.29, 0.717) is 5.88 Å². The highest BCUT2D eigenvalue weighted by Crippen LogP contribution is 2.30. The standard InChI is InChI=1S/C16H27N3O/c1-12(2)20-16-10-15(18-11-19-16)17-9-8-14-6-4-13(3)5-7-14/h10-14H,4-9H2,1-3H3,(H,17,18,19). The van der Waals surface area contributed by atoms with Crippen molar-refractivity contribution in [2.75, 3.05) is 11.9 Å². The Bertz CT molecular complexity index is 400. The van der Waals surface area contributed by atoms with E-state index in [1.807, 2.05) is 19.9 Å². The fourth-order valence-electron chi connectivity index (χ4n) is 2.76. The molecule has 2 rings (SSSR count). The Morgan fingerprint density at radius 1 is 1.25 bits per heavy atom. The highest BCUT2D eigenvalue weighted by Gasteiger charge is 2.17. The smallest absolute Gasteiger partial charge is 0.218 e. The zero-order valence-corrected chi connectivity index (χ0v) is 12.9. The summed E-state index contributed by atoms with van der Waals surface area (Å²) in [5.41, 5.74) is 0. The van der Waals surface area contributed by atoms with Gasteiger partial charge in [0, 0.05) is 12.6 Å². The second-order valence-corrected chi connectivity index (χ2v) is 6.25. The van der Waals surface area contributed by atoms with Gasteiger partial charge >= 0.3 is 0 Å². The van der Waals surface area contributed by atoms with Crippen molar-refractivity contribution in [2.45, 2.75) is 59.0 Å². The monoisotopic (exact) mass is 277 g/mol. The van der Waals surface area contributed by atoms with Crippen LogP contribution in [0.1, 0.15) is 52.9 Å². The van der Waals surface area contributed by atoms with Gasteiger partial charge < -0.3 is 10.1 Å². The molecule has 0 aromatic carbocycles. The van der Waals surface area contributed by atoms with Crippen molar-refractivity contribution < 1.29 is 4.74 Å². The van der Waals surface area contributed by atoms with E-state index in [1.165, 1.54) is 32.1 Å². The van der Waals surface area contributed by atoms with E-state index in [0.717, 1.165) is 24.2 Å². The van der Waals surface area contributed by atoms with Crippen molar-refractivity contribution in [3.63, 3.8) is 0 Å². The summed E-state index contributed by atoms with van der Waals surface area (Å²) in [7, 11) is 0. The minimum absolute atomic E-state index is 0.141. The predicted octanol–water partition coefficient (Wildman–Crippen LogP) is 3.89. The van der Waals surface area contributed by atoms with E-state index in [9.17, 15) is 0 Å². The summed E-state index contributed by atoms with van der Waals surface area (Å²) in [5, 5.41) is 3.39. The van der Waals surface area contributed by atoms with Crippen molar-refractivity contribution in [2.24, 2.45) is 11.8 Å². The Morgan fingerprint density at radius 3 is 2.70 bits per heavy atom. The molecular formula is C16H27N3O. The largest absolute Gasteiger partial charge is 0.475 e. The normalized spacial score (nSPS) is 22.8. The molecule has 20 heavy (non-hydrogen) atoms. The van der Waals surface area contributed by atoms with E-state index in [4.69, 9.17) is 4.74 Å². The van der Waals surface area contributed by atoms with Crippen LogP contribution in [-0.2, 0) is 0 Å². The SMILES string of the molecule is CC1CCC(CCNc2cc(OC(C)C)ncn2)CC1. The van der Waals surface area contributed by atoms with Crippen LogP contribution in [0, 0.1) is 11.8 Å². The molecule has 4 nitrogen and oxygen atoms in total. The number of aromatic nitrogens is 2. The Morgan fingerprint density at radius 2 is 2.00 bits per heavy atom. The van der Waals surface area contributed by atoms with E-state index >= 15 is 0 Å². The minimum Gasteiger partial charge on any atom is -0.475 e. The van der Waals surface area contributed by atoms with E-state index in [2.05, 4.69) is 22.2 Å². The third-order valence-corrected chi connectivity index (χ3v) is 3.99. The van der Waals surface area contributed by atoms with Gasteiger partial charge in [0.25, 0.3) is 0 Å². The molecule has 0 radical (unpaired) electrons. The highest BCUT2D eigenvalue weighted by atomic mass is 16.5. The topological polar surface area (TPSA) is 47.0 Å². The van der Waals surface area contributed by atoms with Gasteiger partial charge in [0.05, 0.1) is 6.10 Å². The summed E-state index contributed by atoms with van der Waals surface area (Å²) in [5.74, 6) is 3.31. The maximum atomic E-state index is 5.57. The lowest BCUT2D eigenvalue weighted by Gasteiger charge is -2.26. The third kappa shape index (κ3) is 4.99. The van der Waals surface area contributed by atoms with Crippen LogP contribution in [0.4, 0.5) is 5.82 Å². The molecule has 0 amide bonds. The highest BCUT2D eigenvalue weighted by molar-refractivity contribution is 5.36. The van der Waals surface area contributed by atoms with Crippen LogP contribution in [0.2, 0.25) is 0 Å². The molecule has 0 bridgehead atoms. The lowest BCUT2D eigenvalue weighted by Crippen LogP contribution is -2.16. The second kappa shape index (κ2) is 7.46. The summed E-state index contributed by atoms with van der Waals surface area (Å²) in [4.78, 5) is 8.35. The van der Waals surface area contributed by atoms with Crippen LogP contribution in [0.15, 0.2) is 12.4 Å². The molecule has 0 atom stereocenters. The number of nitrogens with zero attached hydrogens (tertiary/aromatic N) is 2. The van der Waals surface area contributed by atoms with Gasteiger partial charge in [-0.3, -0.25) is 0 Å². The average Bonchev–Trinajstić information content (AvgIpc) is 2.41. The molecule has 0 spiro atoms. The van der Waals surface area contributed by atoms with Gasteiger partial charge in [-0.15, -0.1) is 0 Å². The number of nitrogens with one attached hydrogen (secondary N) is 1. The fourth-order valence-corrected chi connectivity index (χ4v) is 2.76. The summed E-state index contributed by atoms with van der Waals surface area (Å²) in [6.07, 6.45) is 8.49. The fraction of sp³-hybridized carbons (Fsp3) is 0.750. The Balaban J connectivity index is 1.73. The van der Waals surface area contributed by atoms with Crippen LogP contribution in [0.3, 0.4) is 0 Å². The number of ether oxygens (including phenoxy) is 1. The molecule has 1 N–H and O–H groups in total. The molecule has 1 aromatic heterocycles. The van der Waals surface area contributed by atoms with Gasteiger partial charge in [-0.1, -0.05) is 32.6 Å². The first kappa shape index (κ1) is 15.1. The molecule has 1 saturated carbocycles. The maximum Gasteiger partial charge on any atom is 0.218 e. The van der Waals surface area contributed by atoms with Crippen molar-refractivity contribution in [1.29, 1.82) is 0 Å². The molecule has 4 heteroatoms. The lowest BCUT2D eigenvalue weighted by atomic mass is 9.81. The van der Waals surface area contributed by atoms with Gasteiger partial charge in [-0.2, -0.15) is 0 Å². The molecule has 0 unspecified atom stereocenters. The number of rotatable bonds is 6. The van der Waals surface area contributed by atoms with E-state index in [1.54, 1.807) is 6.33 Å². The average molecular weight is 277 g/mol. The van der Waals surface area contributed by atoms with Crippen LogP contribution in [-0.4, -0.2) is 22.6 Å². The molecule has 1 aliphatic carbocycles. The Labute approximate surface area is 122 Å². The van der Waals surface area contributed by atoms with Gasteiger partial charge in [-0.25, -0.2) is 9.97 Å². The Kier molecular flexibility index (Phi) is 5.62. The molecule has 0 aliphatic heterocycles. The van der Waals surface area contributed by atoms with Crippen LogP contribution < -0.4 is 10.1 Å². The second-order valence-electron chi connectivity index (χ2n) is 6.25. The first-order valence-corrected chi connectivity index (χ1v) is 7.86. The number of anilines is 1. The molecule has 1 heterocycles. The minimum atomic E-state index is 0.141. The van der Waals surface area contributed by atoms with Gasteiger partial charge in [-0.05, 0) is 32.1 Å². The summed E-state index contributed by atoms with van der Waals surface area (Å²) < 4.78 is 5.57. The van der Waals surface area contributed by atoms with Crippen LogP contribution in [0.5, 0.6) is 5.88 Å². The van der Waals surface area contributed by atoms with Crippen molar-refractivity contribution in [3.05, 3.63) is 12.4 Å². The lowest BCUT2D eigenvalue weighted by molar-refractivity contribution is 0.232. The molecule has 0 saturated heterocycles. The zero-order chi connectivity index (χ0) is 14.4. The first-order valence-electron chi connectivity index (χ1n) is 7.86. The molecule has 1 fully saturated rings. The quantitative estimate of drug-likeness (QED) is 0.857. The molecule has 112 valence electrons. The number of hydrogen-bond acceptors (Lipinski definition) is 4. The molecule has 1 aliphatic rings. The maximum absolute atomic E-state index is 5.57. The van der Waals surface area contributed by atoms with Gasteiger partial charge in [0.1, 0.15) is 12.1 Å². The number of hydrogen-bond donors (Lipinski definition) is 1. The van der Waals surface area contributed by atoms with Crippen LogP contribution >= 0.6 is 0 Å². The molecular weight excluding hydrogens is 250 g/mol. The van der Waals surface area contributed by atoms with E-state index < -0.39 is 0 Å². The van der Waals surface area contributed by atoms with Crippen LogP contribution in [0.25, 0.3) is 0 Å². The molecule has 1 aromatic rings. The van der Waals surface area contributed by atoms with Crippen molar-refractivity contribution in [3.8, 4) is 5.88 Å². The summed E-state index contributed by atoms with van der Waals surface area (Å²) in [6, 6.07) is 1.88.